The third-order valence-corrected chi connectivity index (χ3v) is 4.42. The Morgan fingerprint density at radius 2 is 2.09 bits per heavy atom. The molecular formula is C17H23N3O3. The van der Waals surface area contributed by atoms with Crippen molar-refractivity contribution in [1.29, 1.82) is 0 Å². The van der Waals surface area contributed by atoms with E-state index >= 15 is 0 Å². The van der Waals surface area contributed by atoms with E-state index in [0.717, 1.165) is 17.0 Å². The maximum Gasteiger partial charge on any atom is 0.227 e. The highest BCUT2D eigenvalue weighted by Crippen LogP contribution is 2.42. The van der Waals surface area contributed by atoms with Gasteiger partial charge in [-0.15, -0.1) is 0 Å². The second-order valence-corrected chi connectivity index (χ2v) is 6.00. The molecule has 2 aromatic rings. The van der Waals surface area contributed by atoms with E-state index in [2.05, 4.69) is 4.98 Å². The molecule has 0 aromatic carbocycles. The van der Waals surface area contributed by atoms with Gasteiger partial charge in [0.15, 0.2) is 0 Å². The van der Waals surface area contributed by atoms with Crippen LogP contribution < -0.4 is 9.64 Å². The number of amides is 1. The highest BCUT2D eigenvalue weighted by molar-refractivity contribution is 5.98. The highest BCUT2D eigenvalue weighted by Gasteiger charge is 2.49. The SMILES string of the molecule is CC.COc1cc2ncc(C)n2cc1N1CC2(COC2)CC1=O. The summed E-state index contributed by atoms with van der Waals surface area (Å²) in [5.74, 6) is 0.812. The topological polar surface area (TPSA) is 56.1 Å². The fourth-order valence-electron chi connectivity index (χ4n) is 3.18. The molecule has 6 nitrogen and oxygen atoms in total. The third-order valence-electron chi connectivity index (χ3n) is 4.42. The summed E-state index contributed by atoms with van der Waals surface area (Å²) in [5, 5.41) is 0. The first-order chi connectivity index (χ1) is 11.1. The van der Waals surface area contributed by atoms with Gasteiger partial charge in [0.2, 0.25) is 5.91 Å². The van der Waals surface area contributed by atoms with Gasteiger partial charge in [0, 0.05) is 42.5 Å². The number of hydrogen-bond donors (Lipinski definition) is 0. The van der Waals surface area contributed by atoms with Gasteiger partial charge in [-0.05, 0) is 6.92 Å². The summed E-state index contributed by atoms with van der Waals surface area (Å²) in [7, 11) is 1.62. The number of fused-ring (bicyclic) bond motifs is 1. The first-order valence-electron chi connectivity index (χ1n) is 8.02. The summed E-state index contributed by atoms with van der Waals surface area (Å²) in [6.07, 6.45) is 4.30. The summed E-state index contributed by atoms with van der Waals surface area (Å²) in [5.41, 5.74) is 2.66. The first-order valence-corrected chi connectivity index (χ1v) is 8.02. The minimum Gasteiger partial charge on any atom is -0.494 e. The van der Waals surface area contributed by atoms with Gasteiger partial charge in [-0.3, -0.25) is 4.79 Å². The Hall–Kier alpha value is -2.08. The van der Waals surface area contributed by atoms with Crippen LogP contribution in [0.15, 0.2) is 18.5 Å². The van der Waals surface area contributed by atoms with Gasteiger partial charge >= 0.3 is 0 Å². The summed E-state index contributed by atoms with van der Waals surface area (Å²) < 4.78 is 12.7. The summed E-state index contributed by atoms with van der Waals surface area (Å²) >= 11 is 0. The molecule has 23 heavy (non-hydrogen) atoms. The number of anilines is 1. The molecule has 4 rings (SSSR count). The number of methoxy groups -OCH3 is 1. The van der Waals surface area contributed by atoms with Gasteiger partial charge < -0.3 is 18.8 Å². The van der Waals surface area contributed by atoms with Crippen molar-refractivity contribution >= 4 is 17.2 Å². The Kier molecular flexibility index (Phi) is 4.02. The molecule has 4 heterocycles. The molecule has 0 N–H and O–H groups in total. The van der Waals surface area contributed by atoms with Gasteiger partial charge in [-0.2, -0.15) is 0 Å². The molecule has 0 radical (unpaired) electrons. The quantitative estimate of drug-likeness (QED) is 0.853. The minimum absolute atomic E-state index is 0.00103. The largest absolute Gasteiger partial charge is 0.494 e. The van der Waals surface area contributed by atoms with Crippen molar-refractivity contribution in [3.05, 3.63) is 24.2 Å². The molecule has 0 unspecified atom stereocenters. The van der Waals surface area contributed by atoms with Crippen molar-refractivity contribution < 1.29 is 14.3 Å². The molecule has 2 aliphatic rings. The molecule has 1 amide bonds. The molecule has 0 aliphatic carbocycles. The molecule has 2 aromatic heterocycles. The number of pyridine rings is 1. The summed E-state index contributed by atoms with van der Waals surface area (Å²) in [6.45, 7) is 8.03. The van der Waals surface area contributed by atoms with Gasteiger partial charge in [-0.25, -0.2) is 4.98 Å². The fraction of sp³-hybridized carbons (Fsp3) is 0.529. The molecular weight excluding hydrogens is 294 g/mol. The van der Waals surface area contributed by atoms with Crippen LogP contribution >= 0.6 is 0 Å². The number of aromatic nitrogens is 2. The second kappa shape index (κ2) is 5.85. The number of imidazole rings is 1. The normalized spacial score (nSPS) is 18.8. The number of carbonyl (C=O) groups is 1. The van der Waals surface area contributed by atoms with E-state index in [1.807, 2.05) is 48.5 Å². The van der Waals surface area contributed by atoms with E-state index in [0.29, 0.717) is 31.9 Å². The van der Waals surface area contributed by atoms with Crippen LogP contribution in [0.2, 0.25) is 0 Å². The standard InChI is InChI=1S/C15H17N3O3.C2H6/c1-10-5-16-13-3-12(20-2)11(6-17(10)13)18-7-15(4-14(18)19)8-21-9-15;1-2/h3,5-6H,4,7-9H2,1-2H3;1-2H3. The zero-order chi connectivity index (χ0) is 16.6. The van der Waals surface area contributed by atoms with Crippen LogP contribution in [0, 0.1) is 12.3 Å². The van der Waals surface area contributed by atoms with E-state index < -0.39 is 0 Å². The van der Waals surface area contributed by atoms with Crippen LogP contribution in [0.4, 0.5) is 5.69 Å². The smallest absolute Gasteiger partial charge is 0.227 e. The van der Waals surface area contributed by atoms with E-state index in [4.69, 9.17) is 9.47 Å². The molecule has 1 spiro atoms. The van der Waals surface area contributed by atoms with Crippen LogP contribution in [0.1, 0.15) is 26.0 Å². The lowest BCUT2D eigenvalue weighted by Gasteiger charge is -2.37. The first kappa shape index (κ1) is 15.8. The van der Waals surface area contributed by atoms with Gasteiger partial charge in [-0.1, -0.05) is 13.8 Å². The van der Waals surface area contributed by atoms with Gasteiger partial charge in [0.25, 0.3) is 0 Å². The Morgan fingerprint density at radius 1 is 1.35 bits per heavy atom. The Bertz CT molecular complexity index is 734. The number of aryl methyl sites for hydroxylation is 1. The lowest BCUT2D eigenvalue weighted by Crippen LogP contribution is -2.44. The van der Waals surface area contributed by atoms with Crippen LogP contribution in [0.25, 0.3) is 5.65 Å². The number of hydrogen-bond acceptors (Lipinski definition) is 4. The zero-order valence-electron chi connectivity index (χ0n) is 14.1. The third kappa shape index (κ3) is 2.47. The number of nitrogens with zero attached hydrogens (tertiary/aromatic N) is 3. The fourth-order valence-corrected chi connectivity index (χ4v) is 3.18. The molecule has 0 bridgehead atoms. The molecule has 0 saturated carbocycles. The Balaban J connectivity index is 0.000000753. The van der Waals surface area contributed by atoms with Gasteiger partial charge in [0.05, 0.1) is 20.3 Å². The average Bonchev–Trinajstić information content (AvgIpc) is 3.08. The van der Waals surface area contributed by atoms with Crippen molar-refractivity contribution in [2.75, 3.05) is 31.8 Å². The number of rotatable bonds is 2. The van der Waals surface area contributed by atoms with Crippen molar-refractivity contribution in [1.82, 2.24) is 9.38 Å². The van der Waals surface area contributed by atoms with Crippen LogP contribution in [-0.2, 0) is 9.53 Å². The van der Waals surface area contributed by atoms with E-state index in [-0.39, 0.29) is 11.3 Å². The number of ether oxygens (including phenoxy) is 2. The van der Waals surface area contributed by atoms with Crippen molar-refractivity contribution in [3.8, 4) is 5.75 Å². The number of carbonyl (C=O) groups excluding carboxylic acids is 1. The highest BCUT2D eigenvalue weighted by atomic mass is 16.5. The molecule has 124 valence electrons. The van der Waals surface area contributed by atoms with Crippen LogP contribution in [0.3, 0.4) is 0 Å². The summed E-state index contributed by atoms with van der Waals surface area (Å²) in [6, 6.07) is 1.87. The van der Waals surface area contributed by atoms with E-state index in [1.165, 1.54) is 0 Å². The predicted octanol–water partition coefficient (Wildman–Crippen LogP) is 2.43. The molecule has 2 aliphatic heterocycles. The molecule has 6 heteroatoms. The minimum atomic E-state index is 0.00103. The maximum absolute atomic E-state index is 12.4. The molecule has 2 saturated heterocycles. The predicted molar refractivity (Wildman–Crippen MR) is 88.1 cm³/mol. The zero-order valence-corrected chi connectivity index (χ0v) is 14.1. The monoisotopic (exact) mass is 317 g/mol. The van der Waals surface area contributed by atoms with Crippen molar-refractivity contribution in [3.63, 3.8) is 0 Å². The van der Waals surface area contributed by atoms with Crippen molar-refractivity contribution in [2.45, 2.75) is 27.2 Å². The maximum atomic E-state index is 12.4. The average molecular weight is 317 g/mol. The molecule has 2 fully saturated rings. The lowest BCUT2D eigenvalue weighted by atomic mass is 9.85. The molecule has 0 atom stereocenters. The van der Waals surface area contributed by atoms with Crippen LogP contribution in [0.5, 0.6) is 5.75 Å². The lowest BCUT2D eigenvalue weighted by molar-refractivity contribution is -0.126. The van der Waals surface area contributed by atoms with E-state index in [9.17, 15) is 4.79 Å². The van der Waals surface area contributed by atoms with E-state index in [1.54, 1.807) is 7.11 Å². The Morgan fingerprint density at radius 3 is 2.65 bits per heavy atom. The van der Waals surface area contributed by atoms with Crippen LogP contribution in [-0.4, -0.2) is 42.2 Å². The summed E-state index contributed by atoms with van der Waals surface area (Å²) in [4.78, 5) is 18.5. The van der Waals surface area contributed by atoms with Crippen molar-refractivity contribution in [2.24, 2.45) is 5.41 Å². The Labute approximate surface area is 136 Å². The van der Waals surface area contributed by atoms with Gasteiger partial charge in [0.1, 0.15) is 17.1 Å². The second-order valence-electron chi connectivity index (χ2n) is 6.00.